The van der Waals surface area contributed by atoms with Crippen molar-refractivity contribution in [2.75, 3.05) is 19.6 Å². The van der Waals surface area contributed by atoms with E-state index in [1.807, 2.05) is 0 Å². The first kappa shape index (κ1) is 13.9. The minimum Gasteiger partial charge on any atom is -0.312 e. The molecule has 0 aromatic heterocycles. The fourth-order valence-corrected chi connectivity index (χ4v) is 4.42. The van der Waals surface area contributed by atoms with Crippen LogP contribution in [0, 0.1) is 11.8 Å². The van der Waals surface area contributed by atoms with Crippen LogP contribution in [0.15, 0.2) is 0 Å². The number of nitrogens with zero attached hydrogens (tertiary/aromatic N) is 1. The highest BCUT2D eigenvalue weighted by atomic mass is 15.2. The molecule has 2 atom stereocenters. The van der Waals surface area contributed by atoms with Crippen LogP contribution in [0.4, 0.5) is 0 Å². The maximum absolute atomic E-state index is 3.87. The highest BCUT2D eigenvalue weighted by Crippen LogP contribution is 2.33. The van der Waals surface area contributed by atoms with Crippen molar-refractivity contribution in [3.63, 3.8) is 0 Å². The van der Waals surface area contributed by atoms with Crippen LogP contribution in [0.2, 0.25) is 0 Å². The zero-order valence-electron chi connectivity index (χ0n) is 12.7. The normalized spacial score (nSPS) is 33.6. The van der Waals surface area contributed by atoms with Gasteiger partial charge in [-0.1, -0.05) is 25.7 Å². The predicted octanol–water partition coefficient (Wildman–Crippen LogP) is 3.42. The Bertz CT molecular complexity index is 258. The topological polar surface area (TPSA) is 15.3 Å². The second kappa shape index (κ2) is 6.58. The molecule has 0 aromatic carbocycles. The molecule has 0 aromatic rings. The van der Waals surface area contributed by atoms with Gasteiger partial charge in [0.25, 0.3) is 0 Å². The van der Waals surface area contributed by atoms with E-state index in [0.29, 0.717) is 0 Å². The van der Waals surface area contributed by atoms with E-state index in [4.69, 9.17) is 0 Å². The van der Waals surface area contributed by atoms with Crippen molar-refractivity contribution in [3.05, 3.63) is 0 Å². The number of hydrogen-bond donors (Lipinski definition) is 1. The minimum atomic E-state index is 0.783. The third-order valence-electron chi connectivity index (χ3n) is 6.09. The van der Waals surface area contributed by atoms with E-state index < -0.39 is 0 Å². The Hall–Kier alpha value is -0.0800. The van der Waals surface area contributed by atoms with Gasteiger partial charge in [-0.3, -0.25) is 4.90 Å². The summed E-state index contributed by atoms with van der Waals surface area (Å²) in [5.41, 5.74) is 0. The molecule has 2 saturated carbocycles. The Morgan fingerprint density at radius 3 is 2.42 bits per heavy atom. The average Bonchev–Trinajstić information content (AvgIpc) is 2.63. The van der Waals surface area contributed by atoms with Crippen LogP contribution in [-0.2, 0) is 0 Å². The minimum absolute atomic E-state index is 0.783. The van der Waals surface area contributed by atoms with Crippen molar-refractivity contribution in [2.24, 2.45) is 11.8 Å². The summed E-state index contributed by atoms with van der Waals surface area (Å²) in [6, 6.07) is 1.62. The van der Waals surface area contributed by atoms with Gasteiger partial charge in [0.05, 0.1) is 0 Å². The molecule has 2 aliphatic carbocycles. The van der Waals surface area contributed by atoms with Crippen molar-refractivity contribution in [1.82, 2.24) is 10.2 Å². The van der Waals surface area contributed by atoms with Gasteiger partial charge in [-0.2, -0.15) is 0 Å². The van der Waals surface area contributed by atoms with Crippen molar-refractivity contribution in [2.45, 2.75) is 76.8 Å². The molecule has 1 heterocycles. The Balaban J connectivity index is 1.58. The van der Waals surface area contributed by atoms with Crippen LogP contribution in [0.5, 0.6) is 0 Å². The first-order valence-electron chi connectivity index (χ1n) is 8.82. The Labute approximate surface area is 119 Å². The first-order valence-corrected chi connectivity index (χ1v) is 8.82. The molecule has 2 nitrogen and oxygen atoms in total. The Kier molecular flexibility index (Phi) is 4.81. The molecule has 2 heteroatoms. The molecule has 110 valence electrons. The van der Waals surface area contributed by atoms with E-state index >= 15 is 0 Å². The molecule has 1 N–H and O–H groups in total. The van der Waals surface area contributed by atoms with Crippen LogP contribution >= 0.6 is 0 Å². The summed E-state index contributed by atoms with van der Waals surface area (Å²) in [6.45, 7) is 6.39. The highest BCUT2D eigenvalue weighted by molar-refractivity contribution is 4.89. The third kappa shape index (κ3) is 3.33. The van der Waals surface area contributed by atoms with Crippen LogP contribution in [-0.4, -0.2) is 36.6 Å². The lowest BCUT2D eigenvalue weighted by atomic mass is 9.79. The van der Waals surface area contributed by atoms with Gasteiger partial charge in [0.2, 0.25) is 0 Å². The van der Waals surface area contributed by atoms with Crippen LogP contribution < -0.4 is 5.32 Å². The maximum Gasteiger partial charge on any atom is 0.0223 e. The molecule has 0 amide bonds. The molecule has 1 aliphatic heterocycles. The number of hydrogen-bond acceptors (Lipinski definition) is 2. The van der Waals surface area contributed by atoms with E-state index in [1.165, 1.54) is 77.4 Å². The van der Waals surface area contributed by atoms with Crippen molar-refractivity contribution < 1.29 is 0 Å². The maximum atomic E-state index is 3.87. The van der Waals surface area contributed by atoms with Crippen molar-refractivity contribution in [3.8, 4) is 0 Å². The molecule has 1 saturated heterocycles. The summed E-state index contributed by atoms with van der Waals surface area (Å²) < 4.78 is 0. The standard InChI is InChI=1S/C17H32N2/c1-14(15-9-5-10-15)19-12-6-11-18-17(13-19)16-7-3-2-4-8-16/h14-18H,2-13H2,1H3. The fraction of sp³-hybridized carbons (Fsp3) is 1.00. The summed E-state index contributed by atoms with van der Waals surface area (Å²) in [5.74, 6) is 1.97. The SMILES string of the molecule is CC(C1CCC1)N1CCCNC(C2CCCCC2)C1. The van der Waals surface area contributed by atoms with Gasteiger partial charge in [0.1, 0.15) is 0 Å². The van der Waals surface area contributed by atoms with E-state index in [1.54, 1.807) is 0 Å². The van der Waals surface area contributed by atoms with E-state index in [9.17, 15) is 0 Å². The Morgan fingerprint density at radius 1 is 0.947 bits per heavy atom. The van der Waals surface area contributed by atoms with Gasteiger partial charge in [-0.05, 0) is 64.0 Å². The van der Waals surface area contributed by atoms with Gasteiger partial charge in [0.15, 0.2) is 0 Å². The monoisotopic (exact) mass is 264 g/mol. The van der Waals surface area contributed by atoms with Crippen molar-refractivity contribution in [1.29, 1.82) is 0 Å². The Morgan fingerprint density at radius 2 is 1.74 bits per heavy atom. The highest BCUT2D eigenvalue weighted by Gasteiger charge is 2.32. The molecular weight excluding hydrogens is 232 g/mol. The molecule has 3 aliphatic rings. The van der Waals surface area contributed by atoms with Gasteiger partial charge < -0.3 is 5.32 Å². The van der Waals surface area contributed by atoms with Gasteiger partial charge in [-0.15, -0.1) is 0 Å². The smallest absolute Gasteiger partial charge is 0.0223 e. The molecular formula is C17H32N2. The molecule has 0 spiro atoms. The zero-order chi connectivity index (χ0) is 13.1. The molecule has 3 fully saturated rings. The second-order valence-electron chi connectivity index (χ2n) is 7.24. The summed E-state index contributed by atoms with van der Waals surface area (Å²) in [6.07, 6.45) is 13.2. The molecule has 19 heavy (non-hydrogen) atoms. The van der Waals surface area contributed by atoms with Gasteiger partial charge in [0, 0.05) is 18.6 Å². The van der Waals surface area contributed by atoms with Gasteiger partial charge in [-0.25, -0.2) is 0 Å². The van der Waals surface area contributed by atoms with E-state index in [-0.39, 0.29) is 0 Å². The van der Waals surface area contributed by atoms with E-state index in [2.05, 4.69) is 17.1 Å². The summed E-state index contributed by atoms with van der Waals surface area (Å²) in [7, 11) is 0. The van der Waals surface area contributed by atoms with E-state index in [0.717, 1.165) is 23.9 Å². The molecule has 2 unspecified atom stereocenters. The van der Waals surface area contributed by atoms with Crippen molar-refractivity contribution >= 4 is 0 Å². The lowest BCUT2D eigenvalue weighted by molar-refractivity contribution is 0.0952. The summed E-state index contributed by atoms with van der Waals surface area (Å²) in [4.78, 5) is 2.82. The predicted molar refractivity (Wildman–Crippen MR) is 81.4 cm³/mol. The lowest BCUT2D eigenvalue weighted by Gasteiger charge is -2.41. The fourth-order valence-electron chi connectivity index (χ4n) is 4.42. The lowest BCUT2D eigenvalue weighted by Crippen LogP contribution is -2.48. The number of rotatable bonds is 3. The zero-order valence-corrected chi connectivity index (χ0v) is 12.7. The quantitative estimate of drug-likeness (QED) is 0.840. The number of nitrogens with one attached hydrogen (secondary N) is 1. The first-order chi connectivity index (χ1) is 9.34. The second-order valence-corrected chi connectivity index (χ2v) is 7.24. The van der Waals surface area contributed by atoms with Crippen LogP contribution in [0.3, 0.4) is 0 Å². The molecule has 0 bridgehead atoms. The molecule has 3 rings (SSSR count). The molecule has 0 radical (unpaired) electrons. The van der Waals surface area contributed by atoms with Gasteiger partial charge >= 0.3 is 0 Å². The largest absolute Gasteiger partial charge is 0.312 e. The van der Waals surface area contributed by atoms with Crippen LogP contribution in [0.1, 0.15) is 64.7 Å². The van der Waals surface area contributed by atoms with Crippen LogP contribution in [0.25, 0.3) is 0 Å². The summed E-state index contributed by atoms with van der Waals surface area (Å²) in [5, 5.41) is 3.87. The third-order valence-corrected chi connectivity index (χ3v) is 6.09. The average molecular weight is 264 g/mol. The summed E-state index contributed by atoms with van der Waals surface area (Å²) >= 11 is 0.